The van der Waals surface area contributed by atoms with Gasteiger partial charge in [0, 0.05) is 0 Å². The Morgan fingerprint density at radius 2 is 2.17 bits per heavy atom. The first-order chi connectivity index (χ1) is 5.69. The molecule has 0 atom stereocenters. The minimum atomic E-state index is -0.408. The fourth-order valence-corrected chi connectivity index (χ4v) is 1.01. The summed E-state index contributed by atoms with van der Waals surface area (Å²) in [5, 5.41) is 0. The summed E-state index contributed by atoms with van der Waals surface area (Å²) < 4.78 is 18.0. The Bertz CT molecular complexity index is 289. The van der Waals surface area contributed by atoms with Crippen LogP contribution in [0.5, 0.6) is 5.75 Å². The highest BCUT2D eigenvalue weighted by atomic mass is 19.1. The molecule has 0 radical (unpaired) electrons. The van der Waals surface area contributed by atoms with Crippen molar-refractivity contribution in [1.29, 1.82) is 0 Å². The maximum atomic E-state index is 13.1. The molecule has 0 aromatic heterocycles. The van der Waals surface area contributed by atoms with Crippen LogP contribution in [0.15, 0.2) is 12.1 Å². The molecule has 4 heteroatoms. The Labute approximate surface area is 70.3 Å². The van der Waals surface area contributed by atoms with E-state index in [2.05, 4.69) is 5.43 Å². The molecule has 3 nitrogen and oxygen atoms in total. The van der Waals surface area contributed by atoms with Crippen LogP contribution in [-0.4, -0.2) is 7.11 Å². The molecule has 3 N–H and O–H groups in total. The summed E-state index contributed by atoms with van der Waals surface area (Å²) in [5.74, 6) is 5.11. The van der Waals surface area contributed by atoms with E-state index < -0.39 is 5.82 Å². The van der Waals surface area contributed by atoms with Crippen molar-refractivity contribution in [3.63, 3.8) is 0 Å². The standard InChI is InChI=1S/C8H11FN2O/c1-5-3-6(9)8(11-10)7(4-5)12-2/h3-4,11H,10H2,1-2H3. The first-order valence-electron chi connectivity index (χ1n) is 3.49. The zero-order valence-electron chi connectivity index (χ0n) is 7.02. The molecule has 0 fully saturated rings. The molecule has 0 saturated carbocycles. The summed E-state index contributed by atoms with van der Waals surface area (Å²) >= 11 is 0. The lowest BCUT2D eigenvalue weighted by atomic mass is 10.2. The van der Waals surface area contributed by atoms with E-state index in [9.17, 15) is 4.39 Å². The van der Waals surface area contributed by atoms with Gasteiger partial charge in [0.25, 0.3) is 0 Å². The number of anilines is 1. The van der Waals surface area contributed by atoms with Crippen molar-refractivity contribution in [3.05, 3.63) is 23.5 Å². The number of rotatable bonds is 2. The lowest BCUT2D eigenvalue weighted by molar-refractivity contribution is 0.413. The normalized spacial score (nSPS) is 9.67. The molecule has 66 valence electrons. The quantitative estimate of drug-likeness (QED) is 0.521. The molecule has 1 rings (SSSR count). The maximum absolute atomic E-state index is 13.1. The van der Waals surface area contributed by atoms with Gasteiger partial charge in [-0.15, -0.1) is 0 Å². The molecule has 0 amide bonds. The first kappa shape index (κ1) is 8.80. The Kier molecular flexibility index (Phi) is 2.50. The van der Waals surface area contributed by atoms with E-state index in [1.807, 2.05) is 0 Å². The predicted molar refractivity (Wildman–Crippen MR) is 45.5 cm³/mol. The van der Waals surface area contributed by atoms with Crippen LogP contribution in [0.4, 0.5) is 10.1 Å². The van der Waals surface area contributed by atoms with Crippen LogP contribution in [0.25, 0.3) is 0 Å². The SMILES string of the molecule is COc1cc(C)cc(F)c1NN. The topological polar surface area (TPSA) is 47.3 Å². The number of hydrogen-bond acceptors (Lipinski definition) is 3. The van der Waals surface area contributed by atoms with E-state index in [0.717, 1.165) is 5.56 Å². The van der Waals surface area contributed by atoms with Crippen molar-refractivity contribution in [1.82, 2.24) is 0 Å². The van der Waals surface area contributed by atoms with Gasteiger partial charge in [0.1, 0.15) is 11.4 Å². The van der Waals surface area contributed by atoms with Crippen molar-refractivity contribution in [3.8, 4) is 5.75 Å². The third-order valence-corrected chi connectivity index (χ3v) is 1.56. The van der Waals surface area contributed by atoms with E-state index in [-0.39, 0.29) is 5.69 Å². The third-order valence-electron chi connectivity index (χ3n) is 1.56. The number of nitrogens with two attached hydrogens (primary N) is 1. The summed E-state index contributed by atoms with van der Waals surface area (Å²) in [5.41, 5.74) is 3.22. The van der Waals surface area contributed by atoms with Gasteiger partial charge in [-0.1, -0.05) is 0 Å². The zero-order chi connectivity index (χ0) is 9.14. The number of nitrogen functional groups attached to an aromatic ring is 1. The monoisotopic (exact) mass is 170 g/mol. The van der Waals surface area contributed by atoms with E-state index >= 15 is 0 Å². The predicted octanol–water partition coefficient (Wildman–Crippen LogP) is 1.43. The van der Waals surface area contributed by atoms with Crippen LogP contribution < -0.4 is 16.0 Å². The van der Waals surface area contributed by atoms with Gasteiger partial charge in [0.05, 0.1) is 7.11 Å². The highest BCUT2D eigenvalue weighted by Gasteiger charge is 2.07. The number of aryl methyl sites for hydroxylation is 1. The molecular weight excluding hydrogens is 159 g/mol. The van der Waals surface area contributed by atoms with Gasteiger partial charge in [0.2, 0.25) is 0 Å². The largest absolute Gasteiger partial charge is 0.494 e. The van der Waals surface area contributed by atoms with Crippen LogP contribution in [0.2, 0.25) is 0 Å². The summed E-state index contributed by atoms with van der Waals surface area (Å²) in [4.78, 5) is 0. The molecule has 0 saturated heterocycles. The summed E-state index contributed by atoms with van der Waals surface area (Å²) in [6.45, 7) is 1.78. The first-order valence-corrected chi connectivity index (χ1v) is 3.49. The molecule has 0 aliphatic heterocycles. The van der Waals surface area contributed by atoms with Crippen molar-refractivity contribution >= 4 is 5.69 Å². The van der Waals surface area contributed by atoms with Crippen molar-refractivity contribution in [2.75, 3.05) is 12.5 Å². The molecule has 1 aromatic rings. The number of nitrogens with one attached hydrogen (secondary N) is 1. The summed E-state index contributed by atoms with van der Waals surface area (Å²) in [6, 6.07) is 3.09. The fourth-order valence-electron chi connectivity index (χ4n) is 1.01. The smallest absolute Gasteiger partial charge is 0.151 e. The van der Waals surface area contributed by atoms with Crippen LogP contribution in [0.1, 0.15) is 5.56 Å². The van der Waals surface area contributed by atoms with Crippen LogP contribution in [-0.2, 0) is 0 Å². The van der Waals surface area contributed by atoms with Crippen molar-refractivity contribution in [2.45, 2.75) is 6.92 Å². The van der Waals surface area contributed by atoms with Crippen LogP contribution in [0.3, 0.4) is 0 Å². The van der Waals surface area contributed by atoms with Crippen LogP contribution in [0, 0.1) is 12.7 Å². The lowest BCUT2D eigenvalue weighted by Crippen LogP contribution is -2.10. The number of hydrazine groups is 1. The number of hydrogen-bond donors (Lipinski definition) is 2. The minimum absolute atomic E-state index is 0.183. The van der Waals surface area contributed by atoms with E-state index in [1.54, 1.807) is 13.0 Å². The average Bonchev–Trinajstić information content (AvgIpc) is 2.03. The fraction of sp³-hybridized carbons (Fsp3) is 0.250. The third kappa shape index (κ3) is 1.48. The number of methoxy groups -OCH3 is 1. The lowest BCUT2D eigenvalue weighted by Gasteiger charge is -2.09. The summed E-state index contributed by atoms with van der Waals surface area (Å²) in [7, 11) is 1.47. The van der Waals surface area contributed by atoms with Gasteiger partial charge in [-0.3, -0.25) is 5.84 Å². The molecule has 12 heavy (non-hydrogen) atoms. The van der Waals surface area contributed by atoms with Gasteiger partial charge in [-0.2, -0.15) is 0 Å². The van der Waals surface area contributed by atoms with Gasteiger partial charge < -0.3 is 10.2 Å². The highest BCUT2D eigenvalue weighted by Crippen LogP contribution is 2.27. The van der Waals surface area contributed by atoms with Gasteiger partial charge in [0.15, 0.2) is 5.82 Å². The van der Waals surface area contributed by atoms with Crippen molar-refractivity contribution < 1.29 is 9.13 Å². The maximum Gasteiger partial charge on any atom is 0.151 e. The minimum Gasteiger partial charge on any atom is -0.494 e. The molecule has 0 spiro atoms. The van der Waals surface area contributed by atoms with Gasteiger partial charge in [-0.05, 0) is 24.6 Å². The van der Waals surface area contributed by atoms with Crippen molar-refractivity contribution in [2.24, 2.45) is 5.84 Å². The van der Waals surface area contributed by atoms with Gasteiger partial charge in [-0.25, -0.2) is 4.39 Å². The highest BCUT2D eigenvalue weighted by molar-refractivity contribution is 5.57. The Balaban J connectivity index is 3.24. The number of ether oxygens (including phenoxy) is 1. The number of benzene rings is 1. The molecule has 0 bridgehead atoms. The molecule has 0 aliphatic rings. The molecule has 1 aromatic carbocycles. The molecule has 0 unspecified atom stereocenters. The van der Waals surface area contributed by atoms with E-state index in [4.69, 9.17) is 10.6 Å². The Hall–Kier alpha value is -1.29. The molecule has 0 aliphatic carbocycles. The Morgan fingerprint density at radius 3 is 2.67 bits per heavy atom. The Morgan fingerprint density at radius 1 is 1.50 bits per heavy atom. The second-order valence-electron chi connectivity index (χ2n) is 2.47. The van der Waals surface area contributed by atoms with E-state index in [0.29, 0.717) is 5.75 Å². The zero-order valence-corrected chi connectivity index (χ0v) is 7.02. The number of halogens is 1. The molecular formula is C8H11FN2O. The van der Waals surface area contributed by atoms with Gasteiger partial charge >= 0.3 is 0 Å². The van der Waals surface area contributed by atoms with E-state index in [1.165, 1.54) is 13.2 Å². The molecule has 0 heterocycles. The second kappa shape index (κ2) is 3.40. The average molecular weight is 170 g/mol. The second-order valence-corrected chi connectivity index (χ2v) is 2.47. The van der Waals surface area contributed by atoms with Crippen LogP contribution >= 0.6 is 0 Å². The summed E-state index contributed by atoms with van der Waals surface area (Å²) in [6.07, 6.45) is 0.